The first-order valence-corrected chi connectivity index (χ1v) is 10.0. The molecular formula is C21H33N3O3. The van der Waals surface area contributed by atoms with Gasteiger partial charge in [-0.15, -0.1) is 0 Å². The Balaban J connectivity index is 1.90. The van der Waals surface area contributed by atoms with Gasteiger partial charge in [0.1, 0.15) is 6.04 Å². The van der Waals surface area contributed by atoms with Crippen molar-refractivity contribution in [2.75, 3.05) is 32.8 Å². The van der Waals surface area contributed by atoms with Gasteiger partial charge >= 0.3 is 0 Å². The van der Waals surface area contributed by atoms with Crippen molar-refractivity contribution < 1.29 is 14.3 Å². The molecule has 6 heteroatoms. The summed E-state index contributed by atoms with van der Waals surface area (Å²) in [6, 6.07) is 8.67. The third-order valence-corrected chi connectivity index (χ3v) is 5.37. The van der Waals surface area contributed by atoms with Crippen molar-refractivity contribution >= 4 is 11.8 Å². The number of amides is 2. The zero-order valence-electron chi connectivity index (χ0n) is 16.7. The third kappa shape index (κ3) is 6.33. The highest BCUT2D eigenvalue weighted by atomic mass is 16.5. The largest absolute Gasteiger partial charge is 0.379 e. The molecule has 2 N–H and O–H groups in total. The van der Waals surface area contributed by atoms with Crippen LogP contribution in [0.5, 0.6) is 0 Å². The van der Waals surface area contributed by atoms with E-state index >= 15 is 0 Å². The van der Waals surface area contributed by atoms with Gasteiger partial charge in [0.25, 0.3) is 5.91 Å². The molecule has 1 aromatic carbocycles. The number of rotatable bonds is 9. The summed E-state index contributed by atoms with van der Waals surface area (Å²) in [5, 5.41) is 5.82. The van der Waals surface area contributed by atoms with Crippen molar-refractivity contribution in [3.05, 3.63) is 35.9 Å². The summed E-state index contributed by atoms with van der Waals surface area (Å²) in [6.07, 6.45) is 2.16. The summed E-state index contributed by atoms with van der Waals surface area (Å²) < 4.78 is 5.47. The van der Waals surface area contributed by atoms with Gasteiger partial charge in [0, 0.05) is 31.2 Å². The van der Waals surface area contributed by atoms with Crippen LogP contribution in [-0.2, 0) is 9.53 Å². The molecule has 150 valence electrons. The second kappa shape index (κ2) is 11.0. The number of ether oxygens (including phenoxy) is 1. The minimum atomic E-state index is -0.579. The van der Waals surface area contributed by atoms with Crippen molar-refractivity contribution in [1.29, 1.82) is 0 Å². The summed E-state index contributed by atoms with van der Waals surface area (Å²) in [5.74, 6) is 0.143. The number of hydrogen-bond donors (Lipinski definition) is 2. The van der Waals surface area contributed by atoms with Crippen LogP contribution < -0.4 is 10.6 Å². The Morgan fingerprint density at radius 3 is 2.33 bits per heavy atom. The van der Waals surface area contributed by atoms with Crippen molar-refractivity contribution in [2.24, 2.45) is 5.92 Å². The summed E-state index contributed by atoms with van der Waals surface area (Å²) >= 11 is 0. The number of benzene rings is 1. The van der Waals surface area contributed by atoms with E-state index in [0.717, 1.165) is 39.1 Å². The predicted octanol–water partition coefficient (Wildman–Crippen LogP) is 2.06. The Bertz CT molecular complexity index is 584. The Labute approximate surface area is 162 Å². The standard InChI is InChI=1S/C21H33N3O3/c1-4-17(5-2)19(24-11-13-27-14-12-24)15-22-20(25)16(3)23-21(26)18-9-7-6-8-10-18/h6-10,16-17,19H,4-5,11-15H2,1-3H3,(H,22,25)(H,23,26). The summed E-state index contributed by atoms with van der Waals surface area (Å²) in [7, 11) is 0. The lowest BCUT2D eigenvalue weighted by Crippen LogP contribution is -2.54. The maximum atomic E-state index is 12.5. The lowest BCUT2D eigenvalue weighted by Gasteiger charge is -2.39. The van der Waals surface area contributed by atoms with Gasteiger partial charge in [-0.05, 0) is 25.0 Å². The molecule has 0 spiro atoms. The number of nitrogens with one attached hydrogen (secondary N) is 2. The molecule has 1 aromatic rings. The van der Waals surface area contributed by atoms with E-state index in [9.17, 15) is 9.59 Å². The fraction of sp³-hybridized carbons (Fsp3) is 0.619. The highest BCUT2D eigenvalue weighted by Gasteiger charge is 2.28. The Morgan fingerprint density at radius 2 is 1.74 bits per heavy atom. The Morgan fingerprint density at radius 1 is 1.11 bits per heavy atom. The van der Waals surface area contributed by atoms with Crippen LogP contribution in [0, 0.1) is 5.92 Å². The SMILES string of the molecule is CCC(CC)C(CNC(=O)C(C)NC(=O)c1ccccc1)N1CCOCC1. The Kier molecular flexibility index (Phi) is 8.75. The van der Waals surface area contributed by atoms with E-state index in [0.29, 0.717) is 24.1 Å². The number of hydrogen-bond acceptors (Lipinski definition) is 4. The molecule has 2 atom stereocenters. The van der Waals surface area contributed by atoms with Crippen LogP contribution >= 0.6 is 0 Å². The minimum Gasteiger partial charge on any atom is -0.379 e. The quantitative estimate of drug-likeness (QED) is 0.693. The summed E-state index contributed by atoms with van der Waals surface area (Å²) in [5.41, 5.74) is 0.556. The van der Waals surface area contributed by atoms with Gasteiger partial charge in [0.2, 0.25) is 5.91 Å². The molecule has 0 bridgehead atoms. The van der Waals surface area contributed by atoms with E-state index < -0.39 is 6.04 Å². The molecule has 2 rings (SSSR count). The van der Waals surface area contributed by atoms with Gasteiger partial charge in [-0.1, -0.05) is 44.9 Å². The van der Waals surface area contributed by atoms with Crippen molar-refractivity contribution in [2.45, 2.75) is 45.7 Å². The molecule has 2 amide bonds. The molecule has 1 fully saturated rings. The summed E-state index contributed by atoms with van der Waals surface area (Å²) in [6.45, 7) is 10.0. The highest BCUT2D eigenvalue weighted by Crippen LogP contribution is 2.19. The molecule has 0 aliphatic carbocycles. The lowest BCUT2D eigenvalue weighted by molar-refractivity contribution is -0.123. The average Bonchev–Trinajstić information content (AvgIpc) is 2.72. The van der Waals surface area contributed by atoms with Crippen LogP contribution in [0.25, 0.3) is 0 Å². The molecule has 27 heavy (non-hydrogen) atoms. The molecule has 1 aliphatic heterocycles. The van der Waals surface area contributed by atoms with E-state index in [2.05, 4.69) is 29.4 Å². The van der Waals surface area contributed by atoms with Crippen LogP contribution in [0.4, 0.5) is 0 Å². The Hall–Kier alpha value is -1.92. The fourth-order valence-electron chi connectivity index (χ4n) is 3.63. The van der Waals surface area contributed by atoms with Crippen LogP contribution in [0.1, 0.15) is 44.0 Å². The van der Waals surface area contributed by atoms with E-state index in [-0.39, 0.29) is 11.8 Å². The van der Waals surface area contributed by atoms with Gasteiger partial charge in [-0.2, -0.15) is 0 Å². The molecule has 0 aromatic heterocycles. The second-order valence-corrected chi connectivity index (χ2v) is 7.10. The maximum Gasteiger partial charge on any atom is 0.251 e. The zero-order valence-corrected chi connectivity index (χ0v) is 16.7. The van der Waals surface area contributed by atoms with Crippen LogP contribution in [-0.4, -0.2) is 61.6 Å². The molecule has 1 saturated heterocycles. The summed E-state index contributed by atoms with van der Waals surface area (Å²) in [4.78, 5) is 27.2. The van der Waals surface area contributed by atoms with Crippen molar-refractivity contribution in [3.8, 4) is 0 Å². The molecule has 0 radical (unpaired) electrons. The molecule has 2 unspecified atom stereocenters. The minimum absolute atomic E-state index is 0.150. The molecule has 6 nitrogen and oxygen atoms in total. The molecular weight excluding hydrogens is 342 g/mol. The van der Waals surface area contributed by atoms with Crippen LogP contribution in [0.2, 0.25) is 0 Å². The first-order chi connectivity index (χ1) is 13.1. The predicted molar refractivity (Wildman–Crippen MR) is 107 cm³/mol. The topological polar surface area (TPSA) is 70.7 Å². The van der Waals surface area contributed by atoms with Crippen molar-refractivity contribution in [1.82, 2.24) is 15.5 Å². The molecule has 1 heterocycles. The van der Waals surface area contributed by atoms with E-state index in [1.165, 1.54) is 0 Å². The van der Waals surface area contributed by atoms with Crippen molar-refractivity contribution in [3.63, 3.8) is 0 Å². The first kappa shape index (κ1) is 21.4. The number of carbonyl (C=O) groups excluding carboxylic acids is 2. The monoisotopic (exact) mass is 375 g/mol. The first-order valence-electron chi connectivity index (χ1n) is 10.0. The average molecular weight is 376 g/mol. The fourth-order valence-corrected chi connectivity index (χ4v) is 3.63. The van der Waals surface area contributed by atoms with Gasteiger partial charge < -0.3 is 15.4 Å². The van der Waals surface area contributed by atoms with Gasteiger partial charge in [0.05, 0.1) is 13.2 Å². The smallest absolute Gasteiger partial charge is 0.251 e. The number of morpholine rings is 1. The van der Waals surface area contributed by atoms with Gasteiger partial charge in [-0.3, -0.25) is 14.5 Å². The third-order valence-electron chi connectivity index (χ3n) is 5.37. The van der Waals surface area contributed by atoms with Crippen LogP contribution in [0.15, 0.2) is 30.3 Å². The normalized spacial score (nSPS) is 17.3. The zero-order chi connectivity index (χ0) is 19.6. The number of carbonyl (C=O) groups is 2. The number of nitrogens with zero attached hydrogens (tertiary/aromatic N) is 1. The second-order valence-electron chi connectivity index (χ2n) is 7.10. The highest BCUT2D eigenvalue weighted by molar-refractivity contribution is 5.97. The van der Waals surface area contributed by atoms with Gasteiger partial charge in [-0.25, -0.2) is 0 Å². The van der Waals surface area contributed by atoms with Crippen LogP contribution in [0.3, 0.4) is 0 Å². The molecule has 1 aliphatic rings. The maximum absolute atomic E-state index is 12.5. The molecule has 0 saturated carbocycles. The van der Waals surface area contributed by atoms with E-state index in [1.807, 2.05) is 18.2 Å². The van der Waals surface area contributed by atoms with Gasteiger partial charge in [0.15, 0.2) is 0 Å². The lowest BCUT2D eigenvalue weighted by atomic mass is 9.92. The van der Waals surface area contributed by atoms with E-state index in [4.69, 9.17) is 4.74 Å². The van der Waals surface area contributed by atoms with E-state index in [1.54, 1.807) is 19.1 Å².